The lowest BCUT2D eigenvalue weighted by molar-refractivity contribution is 1.10. The first kappa shape index (κ1) is 48.9. The SMILES string of the molecule is c1ccc(-c2ccc3c4ccccc4c4ccccc4n4c5c(cc(-c6ccccc6)cc5c3c2)B2c3c(cc(-n5c6ccccc6c6ccccc65)cc3-4)-n3c4ccccc4c4ccccc4c4ccccc4c4cc(-c5ccccc5)cc2c43)cc1. The van der Waals surface area contributed by atoms with E-state index in [1.165, 1.54) is 136 Å². The monoisotopic (exact) mass is 1110 g/mol. The summed E-state index contributed by atoms with van der Waals surface area (Å²) in [4.78, 5) is 0. The second-order valence-corrected chi connectivity index (χ2v) is 23.8. The first-order valence-corrected chi connectivity index (χ1v) is 30.6. The summed E-state index contributed by atoms with van der Waals surface area (Å²) in [6.07, 6.45) is 0. The Morgan fingerprint density at radius 3 is 0.909 bits per heavy atom. The number of rotatable bonds is 4. The van der Waals surface area contributed by atoms with E-state index >= 15 is 0 Å². The Bertz CT molecular complexity index is 5940. The minimum absolute atomic E-state index is 0.266. The zero-order chi connectivity index (χ0) is 57.6. The maximum Gasteiger partial charge on any atom is 0.252 e. The van der Waals surface area contributed by atoms with Crippen LogP contribution in [0.4, 0.5) is 0 Å². The summed E-state index contributed by atoms with van der Waals surface area (Å²) in [6, 6.07) is 119. The van der Waals surface area contributed by atoms with Gasteiger partial charge in [-0.25, -0.2) is 0 Å². The minimum atomic E-state index is -0.266. The summed E-state index contributed by atoms with van der Waals surface area (Å²) < 4.78 is 7.92. The van der Waals surface area contributed by atoms with E-state index in [0.29, 0.717) is 0 Å². The third-order valence-corrected chi connectivity index (χ3v) is 19.2. The Morgan fingerprint density at radius 2 is 0.489 bits per heavy atom. The van der Waals surface area contributed by atoms with E-state index < -0.39 is 0 Å². The predicted molar refractivity (Wildman–Crippen MR) is 376 cm³/mol. The van der Waals surface area contributed by atoms with E-state index in [-0.39, 0.29) is 6.71 Å². The van der Waals surface area contributed by atoms with Gasteiger partial charge in [-0.1, -0.05) is 261 Å². The zero-order valence-electron chi connectivity index (χ0n) is 47.9. The Hall–Kier alpha value is -11.5. The molecule has 2 aliphatic rings. The fourth-order valence-electron chi connectivity index (χ4n) is 15.5. The first-order valence-electron chi connectivity index (χ1n) is 30.6. The van der Waals surface area contributed by atoms with Crippen LogP contribution in [-0.2, 0) is 0 Å². The highest BCUT2D eigenvalue weighted by molar-refractivity contribution is 7.00. The van der Waals surface area contributed by atoms with Crippen molar-refractivity contribution < 1.29 is 0 Å². The first-order chi connectivity index (χ1) is 43.7. The van der Waals surface area contributed by atoms with Crippen LogP contribution in [0.2, 0.25) is 0 Å². The molecule has 17 aromatic rings. The highest BCUT2D eigenvalue weighted by Gasteiger charge is 2.41. The Kier molecular flexibility index (Phi) is 10.6. The topological polar surface area (TPSA) is 14.8 Å². The van der Waals surface area contributed by atoms with Gasteiger partial charge in [0.15, 0.2) is 0 Å². The number of para-hydroxylation sites is 4. The van der Waals surface area contributed by atoms with Gasteiger partial charge in [-0.15, -0.1) is 0 Å². The Morgan fingerprint density at radius 1 is 0.193 bits per heavy atom. The van der Waals surface area contributed by atoms with Gasteiger partial charge < -0.3 is 13.7 Å². The molecule has 0 bridgehead atoms. The molecule has 0 fully saturated rings. The van der Waals surface area contributed by atoms with Crippen molar-refractivity contribution in [3.63, 3.8) is 0 Å². The van der Waals surface area contributed by atoms with Crippen LogP contribution in [0.3, 0.4) is 0 Å². The second-order valence-electron chi connectivity index (χ2n) is 23.8. The van der Waals surface area contributed by atoms with Crippen LogP contribution >= 0.6 is 0 Å². The van der Waals surface area contributed by atoms with Crippen molar-refractivity contribution in [2.75, 3.05) is 0 Å². The molecule has 0 radical (unpaired) electrons. The van der Waals surface area contributed by atoms with Crippen molar-refractivity contribution >= 4 is 132 Å². The molecule has 3 nitrogen and oxygen atoms in total. The van der Waals surface area contributed by atoms with Gasteiger partial charge in [0, 0.05) is 54.7 Å². The van der Waals surface area contributed by atoms with Gasteiger partial charge in [0.1, 0.15) is 0 Å². The van der Waals surface area contributed by atoms with Gasteiger partial charge in [-0.2, -0.15) is 0 Å². The van der Waals surface area contributed by atoms with Crippen LogP contribution in [0.1, 0.15) is 0 Å². The Balaban J connectivity index is 1.14. The summed E-state index contributed by atoms with van der Waals surface area (Å²) in [5, 5.41) is 16.7. The van der Waals surface area contributed by atoms with E-state index in [1.807, 2.05) is 0 Å². The summed E-state index contributed by atoms with van der Waals surface area (Å²) in [5.41, 5.74) is 21.1. The van der Waals surface area contributed by atoms with Gasteiger partial charge in [0.2, 0.25) is 0 Å². The van der Waals surface area contributed by atoms with Gasteiger partial charge in [-0.3, -0.25) is 0 Å². The van der Waals surface area contributed by atoms with Gasteiger partial charge in [0.05, 0.1) is 27.8 Å². The molecular weight excluding hydrogens is 1060 g/mol. The van der Waals surface area contributed by atoms with Crippen molar-refractivity contribution in [3.05, 3.63) is 315 Å². The van der Waals surface area contributed by atoms with Crippen LogP contribution in [0.5, 0.6) is 0 Å². The standard InChI is InChI=1S/C84H52BN3/c1-4-24-53(25-5-1)56-44-45-66-62-32-11-14-34-64(62)68-37-17-23-43-79(68)88-81-52-59(86-76-40-20-18-38-69(76)70-39-19-21-41-77(70)86)51-80-82(81)85(75-50-58(55-28-8-3-9-29-55)48-73(84(75)88)71(66)46-56)74-49-57(54-26-6-2-7-27-54)47-72-65-35-15-12-31-61(65)60-30-10-13-33-63(60)67-36-16-22-42-78(67)87(80)83(72)74/h1-52H. The van der Waals surface area contributed by atoms with E-state index in [2.05, 4.69) is 329 Å². The predicted octanol–water partition coefficient (Wildman–Crippen LogP) is 20.0. The molecule has 19 rings (SSSR count). The number of aromatic nitrogens is 3. The van der Waals surface area contributed by atoms with Crippen molar-refractivity contribution in [1.29, 1.82) is 0 Å². The molecule has 0 aliphatic carbocycles. The summed E-state index contributed by atoms with van der Waals surface area (Å²) in [6.45, 7) is -0.266. The van der Waals surface area contributed by atoms with Crippen LogP contribution in [0, 0.1) is 0 Å². The number of benzene rings is 14. The highest BCUT2D eigenvalue weighted by atomic mass is 15.1. The molecular formula is C84H52BN3. The lowest BCUT2D eigenvalue weighted by Gasteiger charge is -2.37. The molecule has 0 saturated carbocycles. The average Bonchev–Trinajstić information content (AvgIpc) is 0.982. The lowest BCUT2D eigenvalue weighted by atomic mass is 9.34. The third kappa shape index (κ3) is 7.09. The molecule has 88 heavy (non-hydrogen) atoms. The largest absolute Gasteiger partial charge is 0.310 e. The molecule has 14 aromatic carbocycles. The maximum atomic E-state index is 2.70. The van der Waals surface area contributed by atoms with Crippen LogP contribution in [0.25, 0.3) is 159 Å². The smallest absolute Gasteiger partial charge is 0.252 e. The molecule has 406 valence electrons. The van der Waals surface area contributed by atoms with Gasteiger partial charge in [-0.05, 0) is 147 Å². The maximum absolute atomic E-state index is 2.70. The van der Waals surface area contributed by atoms with Crippen molar-refractivity contribution in [1.82, 2.24) is 13.7 Å². The molecule has 5 heterocycles. The lowest BCUT2D eigenvalue weighted by Crippen LogP contribution is -2.60. The molecule has 3 aromatic heterocycles. The number of hydrogen-bond donors (Lipinski definition) is 0. The third-order valence-electron chi connectivity index (χ3n) is 19.2. The Labute approximate surface area is 508 Å². The minimum Gasteiger partial charge on any atom is -0.310 e. The van der Waals surface area contributed by atoms with E-state index in [9.17, 15) is 0 Å². The molecule has 0 saturated heterocycles. The quantitative estimate of drug-likeness (QED) is 0.156. The number of hydrogen-bond acceptors (Lipinski definition) is 0. The molecule has 0 N–H and O–H groups in total. The molecule has 0 spiro atoms. The van der Waals surface area contributed by atoms with E-state index in [4.69, 9.17) is 0 Å². The summed E-state index contributed by atoms with van der Waals surface area (Å²) in [5.74, 6) is 0. The normalized spacial score (nSPS) is 12.3. The molecule has 0 unspecified atom stereocenters. The van der Waals surface area contributed by atoms with Crippen molar-refractivity contribution in [3.8, 4) is 50.4 Å². The summed E-state index contributed by atoms with van der Waals surface area (Å²) >= 11 is 0. The van der Waals surface area contributed by atoms with E-state index in [0.717, 1.165) is 39.1 Å². The van der Waals surface area contributed by atoms with Gasteiger partial charge >= 0.3 is 0 Å². The van der Waals surface area contributed by atoms with Gasteiger partial charge in [0.25, 0.3) is 6.71 Å². The zero-order valence-corrected chi connectivity index (χ0v) is 47.9. The van der Waals surface area contributed by atoms with Crippen LogP contribution < -0.4 is 16.4 Å². The summed E-state index contributed by atoms with van der Waals surface area (Å²) in [7, 11) is 0. The van der Waals surface area contributed by atoms with Crippen molar-refractivity contribution in [2.24, 2.45) is 0 Å². The fourth-order valence-corrected chi connectivity index (χ4v) is 15.5. The van der Waals surface area contributed by atoms with Crippen molar-refractivity contribution in [2.45, 2.75) is 0 Å². The fraction of sp³-hybridized carbons (Fsp3) is 0. The number of nitrogens with zero attached hydrogens (tertiary/aromatic N) is 3. The molecule has 2 aliphatic heterocycles. The average molecular weight is 1110 g/mol. The molecule has 0 atom stereocenters. The van der Waals surface area contributed by atoms with E-state index in [1.54, 1.807) is 0 Å². The molecule has 0 amide bonds. The molecule has 4 heteroatoms. The van der Waals surface area contributed by atoms with Crippen LogP contribution in [-0.4, -0.2) is 20.4 Å². The second kappa shape index (κ2) is 19.0. The van der Waals surface area contributed by atoms with Crippen LogP contribution in [0.15, 0.2) is 315 Å². The highest BCUT2D eigenvalue weighted by Crippen LogP contribution is 2.44. The number of fused-ring (bicyclic) bond motifs is 21.